The summed E-state index contributed by atoms with van der Waals surface area (Å²) >= 11 is 0. The maximum atomic E-state index is 11.0. The summed E-state index contributed by atoms with van der Waals surface area (Å²) in [6, 6.07) is 5.15. The lowest BCUT2D eigenvalue weighted by Gasteiger charge is -2.21. The molecule has 0 aliphatic heterocycles. The van der Waals surface area contributed by atoms with Gasteiger partial charge in [-0.05, 0) is 43.4 Å². The SMILES string of the molecule is CCNc1cc(COCC2CCCCC2)ccc1[N+](=O)[O-]. The van der Waals surface area contributed by atoms with E-state index in [1.54, 1.807) is 12.1 Å². The molecule has 1 aromatic rings. The first-order chi connectivity index (χ1) is 10.2. The minimum Gasteiger partial charge on any atom is -0.380 e. The molecule has 5 nitrogen and oxygen atoms in total. The Labute approximate surface area is 125 Å². The van der Waals surface area contributed by atoms with Gasteiger partial charge in [0.15, 0.2) is 0 Å². The second-order valence-electron chi connectivity index (χ2n) is 5.66. The Balaban J connectivity index is 1.90. The number of hydrogen-bond donors (Lipinski definition) is 1. The molecule has 5 heteroatoms. The number of nitrogens with zero attached hydrogens (tertiary/aromatic N) is 1. The van der Waals surface area contributed by atoms with Gasteiger partial charge in [0, 0.05) is 19.2 Å². The summed E-state index contributed by atoms with van der Waals surface area (Å²) < 4.78 is 5.80. The molecule has 0 spiro atoms. The van der Waals surface area contributed by atoms with Crippen molar-refractivity contribution in [1.82, 2.24) is 0 Å². The number of nitro benzene ring substituents is 1. The van der Waals surface area contributed by atoms with Crippen LogP contribution >= 0.6 is 0 Å². The van der Waals surface area contributed by atoms with Gasteiger partial charge >= 0.3 is 0 Å². The van der Waals surface area contributed by atoms with Crippen LogP contribution in [0.25, 0.3) is 0 Å². The van der Waals surface area contributed by atoms with Crippen LogP contribution in [0.1, 0.15) is 44.6 Å². The largest absolute Gasteiger partial charge is 0.380 e. The molecule has 116 valence electrons. The highest BCUT2D eigenvalue weighted by atomic mass is 16.6. The number of ether oxygens (including phenoxy) is 1. The fourth-order valence-corrected chi connectivity index (χ4v) is 2.86. The van der Waals surface area contributed by atoms with E-state index < -0.39 is 0 Å². The molecule has 1 aliphatic rings. The number of nitro groups is 1. The normalized spacial score (nSPS) is 15.9. The van der Waals surface area contributed by atoms with Crippen LogP contribution in [0.5, 0.6) is 0 Å². The summed E-state index contributed by atoms with van der Waals surface area (Å²) in [4.78, 5) is 10.6. The molecule has 1 aromatic carbocycles. The molecular weight excluding hydrogens is 268 g/mol. The van der Waals surface area contributed by atoms with E-state index in [4.69, 9.17) is 4.74 Å². The van der Waals surface area contributed by atoms with E-state index in [-0.39, 0.29) is 10.6 Å². The Morgan fingerprint density at radius 1 is 1.33 bits per heavy atom. The summed E-state index contributed by atoms with van der Waals surface area (Å²) in [5.74, 6) is 0.685. The highest BCUT2D eigenvalue weighted by Gasteiger charge is 2.15. The predicted molar refractivity (Wildman–Crippen MR) is 83.5 cm³/mol. The molecule has 2 rings (SSSR count). The number of nitrogens with one attached hydrogen (secondary N) is 1. The summed E-state index contributed by atoms with van der Waals surface area (Å²) in [5, 5.41) is 14.0. The molecule has 0 aromatic heterocycles. The van der Waals surface area contributed by atoms with Gasteiger partial charge < -0.3 is 10.1 Å². The Kier molecular flexibility index (Phi) is 5.99. The van der Waals surface area contributed by atoms with Crippen molar-refractivity contribution in [3.8, 4) is 0 Å². The van der Waals surface area contributed by atoms with Crippen LogP contribution in [0.15, 0.2) is 18.2 Å². The van der Waals surface area contributed by atoms with Gasteiger partial charge in [0.1, 0.15) is 5.69 Å². The minimum atomic E-state index is -0.356. The molecule has 0 unspecified atom stereocenters. The molecule has 1 N–H and O–H groups in total. The van der Waals surface area contributed by atoms with Gasteiger partial charge in [-0.25, -0.2) is 0 Å². The van der Waals surface area contributed by atoms with Gasteiger partial charge in [-0.3, -0.25) is 10.1 Å². The first kappa shape index (κ1) is 15.8. The van der Waals surface area contributed by atoms with Crippen LogP contribution in [0.3, 0.4) is 0 Å². The average molecular weight is 292 g/mol. The van der Waals surface area contributed by atoms with E-state index in [0.29, 0.717) is 24.8 Å². The molecule has 21 heavy (non-hydrogen) atoms. The van der Waals surface area contributed by atoms with E-state index in [1.165, 1.54) is 32.1 Å². The molecule has 1 saturated carbocycles. The smallest absolute Gasteiger partial charge is 0.292 e. The summed E-state index contributed by atoms with van der Waals surface area (Å²) in [6.45, 7) is 3.91. The van der Waals surface area contributed by atoms with Crippen LogP contribution in [-0.2, 0) is 11.3 Å². The van der Waals surface area contributed by atoms with Crippen molar-refractivity contribution in [3.63, 3.8) is 0 Å². The van der Waals surface area contributed by atoms with Crippen molar-refractivity contribution < 1.29 is 9.66 Å². The fourth-order valence-electron chi connectivity index (χ4n) is 2.86. The molecule has 0 radical (unpaired) electrons. The monoisotopic (exact) mass is 292 g/mol. The van der Waals surface area contributed by atoms with Gasteiger partial charge in [-0.1, -0.05) is 19.3 Å². The Bertz CT molecular complexity index is 471. The number of benzene rings is 1. The molecule has 0 atom stereocenters. The van der Waals surface area contributed by atoms with Crippen molar-refractivity contribution in [1.29, 1.82) is 0 Å². The molecule has 0 bridgehead atoms. The van der Waals surface area contributed by atoms with Crippen LogP contribution in [-0.4, -0.2) is 18.1 Å². The number of rotatable bonds is 7. The van der Waals surface area contributed by atoms with E-state index in [1.807, 2.05) is 13.0 Å². The lowest BCUT2D eigenvalue weighted by atomic mass is 9.90. The third-order valence-electron chi connectivity index (χ3n) is 3.97. The quantitative estimate of drug-likeness (QED) is 0.606. The first-order valence-corrected chi connectivity index (χ1v) is 7.79. The fraction of sp³-hybridized carbons (Fsp3) is 0.625. The summed E-state index contributed by atoms with van der Waals surface area (Å²) in [7, 11) is 0. The van der Waals surface area contributed by atoms with Crippen LogP contribution in [0.4, 0.5) is 11.4 Å². The van der Waals surface area contributed by atoms with E-state index >= 15 is 0 Å². The van der Waals surface area contributed by atoms with E-state index in [0.717, 1.165) is 12.2 Å². The third kappa shape index (κ3) is 4.70. The van der Waals surface area contributed by atoms with Crippen LogP contribution in [0.2, 0.25) is 0 Å². The maximum absolute atomic E-state index is 11.0. The van der Waals surface area contributed by atoms with E-state index in [9.17, 15) is 10.1 Å². The topological polar surface area (TPSA) is 64.4 Å². The first-order valence-electron chi connectivity index (χ1n) is 7.79. The van der Waals surface area contributed by atoms with Crippen molar-refractivity contribution in [2.45, 2.75) is 45.6 Å². The van der Waals surface area contributed by atoms with E-state index in [2.05, 4.69) is 5.32 Å². The zero-order valence-corrected chi connectivity index (χ0v) is 12.6. The number of anilines is 1. The highest BCUT2D eigenvalue weighted by molar-refractivity contribution is 5.62. The zero-order valence-electron chi connectivity index (χ0n) is 12.6. The summed E-state index contributed by atoms with van der Waals surface area (Å²) in [5.41, 5.74) is 1.67. The van der Waals surface area contributed by atoms with Gasteiger partial charge in [0.2, 0.25) is 0 Å². The van der Waals surface area contributed by atoms with Crippen molar-refractivity contribution in [3.05, 3.63) is 33.9 Å². The highest BCUT2D eigenvalue weighted by Crippen LogP contribution is 2.27. The van der Waals surface area contributed by atoms with Gasteiger partial charge in [-0.2, -0.15) is 0 Å². The van der Waals surface area contributed by atoms with Crippen molar-refractivity contribution in [2.75, 3.05) is 18.5 Å². The lowest BCUT2D eigenvalue weighted by Crippen LogP contribution is -2.13. The second kappa shape index (κ2) is 7.98. The second-order valence-corrected chi connectivity index (χ2v) is 5.66. The maximum Gasteiger partial charge on any atom is 0.292 e. The van der Waals surface area contributed by atoms with Crippen molar-refractivity contribution >= 4 is 11.4 Å². The Hall–Kier alpha value is -1.62. The van der Waals surface area contributed by atoms with Crippen LogP contribution < -0.4 is 5.32 Å². The van der Waals surface area contributed by atoms with Crippen molar-refractivity contribution in [2.24, 2.45) is 5.92 Å². The average Bonchev–Trinajstić information content (AvgIpc) is 2.49. The minimum absolute atomic E-state index is 0.118. The number of hydrogen-bond acceptors (Lipinski definition) is 4. The molecule has 1 fully saturated rings. The summed E-state index contributed by atoms with van der Waals surface area (Å²) in [6.07, 6.45) is 6.52. The van der Waals surface area contributed by atoms with Crippen LogP contribution in [0, 0.1) is 16.0 Å². The molecule has 1 aliphatic carbocycles. The molecule has 0 heterocycles. The third-order valence-corrected chi connectivity index (χ3v) is 3.97. The molecular formula is C16H24N2O3. The van der Waals surface area contributed by atoms with Gasteiger partial charge in [0.05, 0.1) is 11.5 Å². The Morgan fingerprint density at radius 2 is 2.10 bits per heavy atom. The predicted octanol–water partition coefficient (Wildman–Crippen LogP) is 4.12. The molecule has 0 saturated heterocycles. The Morgan fingerprint density at radius 3 is 2.76 bits per heavy atom. The standard InChI is InChI=1S/C16H24N2O3/c1-2-17-15-10-14(8-9-16(15)18(19)20)12-21-11-13-6-4-3-5-7-13/h8-10,13,17H,2-7,11-12H2,1H3. The lowest BCUT2D eigenvalue weighted by molar-refractivity contribution is -0.384. The van der Waals surface area contributed by atoms with Gasteiger partial charge in [0.25, 0.3) is 5.69 Å². The van der Waals surface area contributed by atoms with Gasteiger partial charge in [-0.15, -0.1) is 0 Å². The molecule has 0 amide bonds. The zero-order chi connectivity index (χ0) is 15.1.